The minimum atomic E-state index is -1.03. The molecule has 0 atom stereocenters. The van der Waals surface area contributed by atoms with Gasteiger partial charge in [0.05, 0.1) is 12.5 Å². The molecule has 1 rings (SSSR count). The van der Waals surface area contributed by atoms with Gasteiger partial charge in [-0.3, -0.25) is 0 Å². The van der Waals surface area contributed by atoms with E-state index in [1.165, 1.54) is 0 Å². The van der Waals surface area contributed by atoms with E-state index in [1.54, 1.807) is 12.1 Å². The number of hydrogen-bond donors (Lipinski definition) is 1. The molecule has 3 nitrogen and oxygen atoms in total. The van der Waals surface area contributed by atoms with Gasteiger partial charge in [-0.15, -0.1) is 0 Å². The van der Waals surface area contributed by atoms with Crippen LogP contribution in [0.4, 0.5) is 0 Å². The molecule has 1 N–H and O–H groups in total. The molecule has 0 aromatic heterocycles. The van der Waals surface area contributed by atoms with E-state index in [0.717, 1.165) is 11.6 Å². The lowest BCUT2D eigenvalue weighted by Gasteiger charge is -2.00. The topological polar surface area (TPSA) is 61.1 Å². The molecule has 1 aromatic rings. The van der Waals surface area contributed by atoms with Crippen LogP contribution >= 0.6 is 0 Å². The van der Waals surface area contributed by atoms with Gasteiger partial charge in [0.2, 0.25) is 0 Å². The van der Waals surface area contributed by atoms with Gasteiger partial charge in [-0.1, -0.05) is 30.3 Å². The zero-order valence-electron chi connectivity index (χ0n) is 7.47. The molecule has 14 heavy (non-hydrogen) atoms. The summed E-state index contributed by atoms with van der Waals surface area (Å²) in [5.74, 6) is -1.03. The highest BCUT2D eigenvalue weighted by Crippen LogP contribution is 2.16. The first-order valence-corrected chi connectivity index (χ1v) is 4.10. The van der Waals surface area contributed by atoms with Crippen LogP contribution in [-0.2, 0) is 4.79 Å². The summed E-state index contributed by atoms with van der Waals surface area (Å²) in [5.41, 5.74) is 1.30. The Morgan fingerprint density at radius 2 is 2.07 bits per heavy atom. The van der Waals surface area contributed by atoms with Crippen molar-refractivity contribution in [2.75, 3.05) is 0 Å². The summed E-state index contributed by atoms with van der Waals surface area (Å²) in [7, 11) is 0. The Hall–Kier alpha value is -2.08. The van der Waals surface area contributed by atoms with Crippen molar-refractivity contribution in [2.45, 2.75) is 6.42 Å². The number of carboxylic acid groups (broad SMARTS) is 1. The standard InChI is InChI=1S/C11H9NO2/c12-7-6-10(8-11(13)14)9-4-2-1-3-5-9/h1-5,8H,6H2,(H,13,14). The first-order valence-electron chi connectivity index (χ1n) is 4.10. The summed E-state index contributed by atoms with van der Waals surface area (Å²) in [4.78, 5) is 10.5. The molecule has 0 saturated heterocycles. The van der Waals surface area contributed by atoms with Crippen molar-refractivity contribution in [3.05, 3.63) is 42.0 Å². The van der Waals surface area contributed by atoms with E-state index in [1.807, 2.05) is 24.3 Å². The minimum absolute atomic E-state index is 0.107. The average molecular weight is 187 g/mol. The summed E-state index contributed by atoms with van der Waals surface area (Å²) >= 11 is 0. The van der Waals surface area contributed by atoms with Gasteiger partial charge < -0.3 is 5.11 Å². The Bertz CT molecular complexity index is 387. The number of allylic oxidation sites excluding steroid dienone is 1. The molecule has 3 heteroatoms. The maximum absolute atomic E-state index is 10.5. The quantitative estimate of drug-likeness (QED) is 0.737. The Labute approximate surface area is 81.9 Å². The van der Waals surface area contributed by atoms with Crippen molar-refractivity contribution in [3.63, 3.8) is 0 Å². The van der Waals surface area contributed by atoms with Gasteiger partial charge in [-0.2, -0.15) is 5.26 Å². The number of nitrogens with zero attached hydrogens (tertiary/aromatic N) is 1. The second kappa shape index (κ2) is 4.83. The minimum Gasteiger partial charge on any atom is -0.478 e. The Morgan fingerprint density at radius 1 is 1.43 bits per heavy atom. The molecule has 0 aliphatic heterocycles. The number of benzene rings is 1. The number of rotatable bonds is 3. The van der Waals surface area contributed by atoms with Crippen LogP contribution in [0.15, 0.2) is 36.4 Å². The Balaban J connectivity index is 3.02. The van der Waals surface area contributed by atoms with Gasteiger partial charge >= 0.3 is 5.97 Å². The van der Waals surface area contributed by atoms with Crippen molar-refractivity contribution in [3.8, 4) is 6.07 Å². The van der Waals surface area contributed by atoms with Crippen molar-refractivity contribution in [1.29, 1.82) is 5.26 Å². The first-order chi connectivity index (χ1) is 6.74. The van der Waals surface area contributed by atoms with Gasteiger partial charge in [0.25, 0.3) is 0 Å². The highest BCUT2D eigenvalue weighted by Gasteiger charge is 2.02. The molecule has 0 aliphatic carbocycles. The van der Waals surface area contributed by atoms with Gasteiger partial charge in [0.1, 0.15) is 0 Å². The summed E-state index contributed by atoms with van der Waals surface area (Å²) in [6.45, 7) is 0. The van der Waals surface area contributed by atoms with Crippen LogP contribution in [0.1, 0.15) is 12.0 Å². The maximum Gasteiger partial charge on any atom is 0.328 e. The number of carbonyl (C=O) groups is 1. The second-order valence-corrected chi connectivity index (χ2v) is 2.71. The molecular weight excluding hydrogens is 178 g/mol. The highest BCUT2D eigenvalue weighted by molar-refractivity contribution is 5.90. The van der Waals surface area contributed by atoms with Gasteiger partial charge in [0.15, 0.2) is 0 Å². The van der Waals surface area contributed by atoms with E-state index in [0.29, 0.717) is 5.57 Å². The molecule has 0 saturated carbocycles. The van der Waals surface area contributed by atoms with Crippen LogP contribution in [0, 0.1) is 11.3 Å². The van der Waals surface area contributed by atoms with Crippen molar-refractivity contribution >= 4 is 11.5 Å². The van der Waals surface area contributed by atoms with E-state index in [9.17, 15) is 4.79 Å². The summed E-state index contributed by atoms with van der Waals surface area (Å²) in [5, 5.41) is 17.1. The number of carboxylic acids is 1. The molecular formula is C11H9NO2. The first kappa shape index (κ1) is 10.0. The van der Waals surface area contributed by atoms with E-state index in [2.05, 4.69) is 0 Å². The zero-order chi connectivity index (χ0) is 10.4. The van der Waals surface area contributed by atoms with Crippen molar-refractivity contribution in [2.24, 2.45) is 0 Å². The highest BCUT2D eigenvalue weighted by atomic mass is 16.4. The van der Waals surface area contributed by atoms with E-state index in [4.69, 9.17) is 10.4 Å². The summed E-state index contributed by atoms with van der Waals surface area (Å²) in [6.07, 6.45) is 1.18. The fourth-order valence-corrected chi connectivity index (χ4v) is 1.12. The summed E-state index contributed by atoms with van der Waals surface area (Å²) in [6, 6.07) is 11.0. The monoisotopic (exact) mass is 187 g/mol. The van der Waals surface area contributed by atoms with Crippen LogP contribution in [0.3, 0.4) is 0 Å². The third-order valence-electron chi connectivity index (χ3n) is 1.71. The van der Waals surface area contributed by atoms with Gasteiger partial charge in [-0.25, -0.2) is 4.79 Å². The van der Waals surface area contributed by atoms with E-state index < -0.39 is 5.97 Å². The molecule has 0 bridgehead atoms. The predicted octanol–water partition coefficient (Wildman–Crippen LogP) is 2.07. The Kier molecular flexibility index (Phi) is 3.45. The van der Waals surface area contributed by atoms with E-state index >= 15 is 0 Å². The second-order valence-electron chi connectivity index (χ2n) is 2.71. The zero-order valence-corrected chi connectivity index (χ0v) is 7.47. The molecule has 70 valence electrons. The van der Waals surface area contributed by atoms with Crippen LogP contribution in [0.2, 0.25) is 0 Å². The largest absolute Gasteiger partial charge is 0.478 e. The molecule has 0 unspecified atom stereocenters. The molecule has 0 heterocycles. The fourth-order valence-electron chi connectivity index (χ4n) is 1.12. The summed E-state index contributed by atoms with van der Waals surface area (Å²) < 4.78 is 0. The molecule has 1 aromatic carbocycles. The molecule has 0 aliphatic rings. The lowest BCUT2D eigenvalue weighted by atomic mass is 10.0. The third-order valence-corrected chi connectivity index (χ3v) is 1.71. The van der Waals surface area contributed by atoms with Crippen LogP contribution < -0.4 is 0 Å². The average Bonchev–Trinajstić information content (AvgIpc) is 2.18. The number of nitriles is 1. The van der Waals surface area contributed by atoms with Crippen LogP contribution in [-0.4, -0.2) is 11.1 Å². The van der Waals surface area contributed by atoms with Gasteiger partial charge in [-0.05, 0) is 11.1 Å². The Morgan fingerprint density at radius 3 is 2.57 bits per heavy atom. The number of hydrogen-bond acceptors (Lipinski definition) is 2. The number of aliphatic carboxylic acids is 1. The molecule has 0 spiro atoms. The SMILES string of the molecule is N#CCC(=CC(=O)O)c1ccccc1. The lowest BCUT2D eigenvalue weighted by molar-refractivity contribution is -0.131. The third kappa shape index (κ3) is 2.76. The van der Waals surface area contributed by atoms with Gasteiger partial charge in [0, 0.05) is 6.08 Å². The van der Waals surface area contributed by atoms with Crippen molar-refractivity contribution in [1.82, 2.24) is 0 Å². The van der Waals surface area contributed by atoms with Crippen LogP contribution in [0.25, 0.3) is 5.57 Å². The predicted molar refractivity (Wildman–Crippen MR) is 52.3 cm³/mol. The lowest BCUT2D eigenvalue weighted by Crippen LogP contribution is -1.92. The normalized spacial score (nSPS) is 10.6. The molecule has 0 fully saturated rings. The molecule has 0 radical (unpaired) electrons. The smallest absolute Gasteiger partial charge is 0.328 e. The van der Waals surface area contributed by atoms with E-state index in [-0.39, 0.29) is 6.42 Å². The van der Waals surface area contributed by atoms with Crippen LogP contribution in [0.5, 0.6) is 0 Å². The van der Waals surface area contributed by atoms with Crippen molar-refractivity contribution < 1.29 is 9.90 Å². The fraction of sp³-hybridized carbons (Fsp3) is 0.0909. The maximum atomic E-state index is 10.5. The molecule has 0 amide bonds.